The maximum atomic E-state index is 12.4. The SMILES string of the molecule is NCCCOC1CCN(C(=O)c2ccc(I)c(Cl)c2)CC1. The van der Waals surface area contributed by atoms with E-state index in [9.17, 15) is 4.79 Å². The van der Waals surface area contributed by atoms with Gasteiger partial charge in [-0.25, -0.2) is 0 Å². The van der Waals surface area contributed by atoms with Gasteiger partial charge in [-0.3, -0.25) is 4.79 Å². The number of nitrogens with zero attached hydrogens (tertiary/aromatic N) is 1. The Morgan fingerprint density at radius 2 is 2.14 bits per heavy atom. The molecule has 116 valence electrons. The Bertz CT molecular complexity index is 491. The molecule has 0 atom stereocenters. The van der Waals surface area contributed by atoms with Crippen LogP contribution in [0.1, 0.15) is 29.6 Å². The molecule has 0 spiro atoms. The second-order valence-corrected chi connectivity index (χ2v) is 6.70. The molecule has 2 rings (SSSR count). The number of piperidine rings is 1. The van der Waals surface area contributed by atoms with E-state index in [0.717, 1.165) is 35.9 Å². The first kappa shape index (κ1) is 17.0. The molecule has 0 aliphatic carbocycles. The van der Waals surface area contributed by atoms with Crippen molar-refractivity contribution in [1.29, 1.82) is 0 Å². The first-order valence-electron chi connectivity index (χ1n) is 7.18. The molecule has 1 aliphatic rings. The molecule has 1 fully saturated rings. The summed E-state index contributed by atoms with van der Waals surface area (Å²) in [4.78, 5) is 14.3. The lowest BCUT2D eigenvalue weighted by Gasteiger charge is -2.32. The number of carbonyl (C=O) groups is 1. The largest absolute Gasteiger partial charge is 0.378 e. The highest BCUT2D eigenvalue weighted by Crippen LogP contribution is 2.22. The van der Waals surface area contributed by atoms with Gasteiger partial charge in [0.15, 0.2) is 0 Å². The summed E-state index contributed by atoms with van der Waals surface area (Å²) in [6, 6.07) is 5.45. The highest BCUT2D eigenvalue weighted by atomic mass is 127. The number of ether oxygens (including phenoxy) is 1. The monoisotopic (exact) mass is 422 g/mol. The molecule has 1 aromatic carbocycles. The summed E-state index contributed by atoms with van der Waals surface area (Å²) >= 11 is 8.24. The predicted molar refractivity (Wildman–Crippen MR) is 92.7 cm³/mol. The number of hydrogen-bond acceptors (Lipinski definition) is 3. The first-order chi connectivity index (χ1) is 10.1. The van der Waals surface area contributed by atoms with Crippen molar-refractivity contribution in [3.8, 4) is 0 Å². The van der Waals surface area contributed by atoms with Crippen molar-refractivity contribution in [2.24, 2.45) is 5.73 Å². The molecule has 21 heavy (non-hydrogen) atoms. The van der Waals surface area contributed by atoms with E-state index < -0.39 is 0 Å². The van der Waals surface area contributed by atoms with Crippen molar-refractivity contribution < 1.29 is 9.53 Å². The van der Waals surface area contributed by atoms with E-state index in [1.54, 1.807) is 6.07 Å². The molecule has 2 N–H and O–H groups in total. The van der Waals surface area contributed by atoms with Gasteiger partial charge in [0.25, 0.3) is 5.91 Å². The third kappa shape index (κ3) is 4.81. The molecule has 6 heteroatoms. The Morgan fingerprint density at radius 3 is 2.76 bits per heavy atom. The van der Waals surface area contributed by atoms with Gasteiger partial charge >= 0.3 is 0 Å². The van der Waals surface area contributed by atoms with Gasteiger partial charge < -0.3 is 15.4 Å². The highest BCUT2D eigenvalue weighted by Gasteiger charge is 2.24. The van der Waals surface area contributed by atoms with Gasteiger partial charge in [0.1, 0.15) is 0 Å². The molecule has 1 aromatic rings. The minimum Gasteiger partial charge on any atom is -0.378 e. The average molecular weight is 423 g/mol. The number of likely N-dealkylation sites (tertiary alicyclic amines) is 1. The van der Waals surface area contributed by atoms with Crippen LogP contribution in [0.3, 0.4) is 0 Å². The fourth-order valence-corrected chi connectivity index (χ4v) is 2.89. The van der Waals surface area contributed by atoms with Crippen molar-refractivity contribution in [2.75, 3.05) is 26.2 Å². The van der Waals surface area contributed by atoms with Gasteiger partial charge in [-0.2, -0.15) is 0 Å². The van der Waals surface area contributed by atoms with E-state index in [2.05, 4.69) is 22.6 Å². The normalized spacial score (nSPS) is 16.2. The molecule has 1 saturated heterocycles. The summed E-state index contributed by atoms with van der Waals surface area (Å²) in [7, 11) is 0. The Hall–Kier alpha value is -0.370. The van der Waals surface area contributed by atoms with Gasteiger partial charge in [-0.15, -0.1) is 0 Å². The van der Waals surface area contributed by atoms with Gasteiger partial charge in [0.05, 0.1) is 11.1 Å². The van der Waals surface area contributed by atoms with Crippen molar-refractivity contribution in [2.45, 2.75) is 25.4 Å². The van der Waals surface area contributed by atoms with Gasteiger partial charge in [-0.1, -0.05) is 11.6 Å². The molecular weight excluding hydrogens is 403 g/mol. The molecule has 0 aromatic heterocycles. The second kappa shape index (κ2) is 8.31. The highest BCUT2D eigenvalue weighted by molar-refractivity contribution is 14.1. The van der Waals surface area contributed by atoms with Crippen LogP contribution in [0.25, 0.3) is 0 Å². The van der Waals surface area contributed by atoms with Crippen LogP contribution in [0.4, 0.5) is 0 Å². The van der Waals surface area contributed by atoms with Crippen molar-refractivity contribution in [1.82, 2.24) is 4.90 Å². The zero-order valence-corrected chi connectivity index (χ0v) is 14.8. The third-order valence-corrected chi connectivity index (χ3v) is 5.17. The zero-order chi connectivity index (χ0) is 15.2. The zero-order valence-electron chi connectivity index (χ0n) is 11.9. The standard InChI is InChI=1S/C15H20ClIN2O2/c16-13-10-11(2-3-14(13)17)15(20)19-7-4-12(5-8-19)21-9-1-6-18/h2-3,10,12H,1,4-9,18H2. The minimum absolute atomic E-state index is 0.0497. The molecule has 0 saturated carbocycles. The Kier molecular flexibility index (Phi) is 6.73. The summed E-state index contributed by atoms with van der Waals surface area (Å²) in [5.41, 5.74) is 6.10. The van der Waals surface area contributed by atoms with Crippen LogP contribution in [-0.4, -0.2) is 43.2 Å². The summed E-state index contributed by atoms with van der Waals surface area (Å²) in [6.45, 7) is 2.83. The summed E-state index contributed by atoms with van der Waals surface area (Å²) in [6.07, 6.45) is 2.91. The lowest BCUT2D eigenvalue weighted by molar-refractivity contribution is 0.00844. The molecule has 0 unspecified atom stereocenters. The van der Waals surface area contributed by atoms with Crippen LogP contribution in [0.5, 0.6) is 0 Å². The summed E-state index contributed by atoms with van der Waals surface area (Å²) in [5.74, 6) is 0.0497. The molecule has 1 aliphatic heterocycles. The van der Waals surface area contributed by atoms with Crippen LogP contribution in [0, 0.1) is 3.57 Å². The Labute approximate surface area is 144 Å². The number of hydrogen-bond donors (Lipinski definition) is 1. The average Bonchev–Trinajstić information content (AvgIpc) is 2.50. The van der Waals surface area contributed by atoms with E-state index in [-0.39, 0.29) is 12.0 Å². The number of halogens is 2. The number of benzene rings is 1. The predicted octanol–water partition coefficient (Wildman–Crippen LogP) is 2.91. The van der Waals surface area contributed by atoms with E-state index in [1.165, 1.54) is 0 Å². The van der Waals surface area contributed by atoms with E-state index in [1.807, 2.05) is 17.0 Å². The molecule has 0 bridgehead atoms. The van der Waals surface area contributed by atoms with Crippen molar-refractivity contribution >= 4 is 40.1 Å². The fraction of sp³-hybridized carbons (Fsp3) is 0.533. The quantitative estimate of drug-likeness (QED) is 0.586. The van der Waals surface area contributed by atoms with E-state index in [4.69, 9.17) is 22.1 Å². The number of rotatable bonds is 5. The molecule has 1 heterocycles. The first-order valence-corrected chi connectivity index (χ1v) is 8.63. The van der Waals surface area contributed by atoms with Gasteiger partial charge in [0.2, 0.25) is 0 Å². The number of amides is 1. The van der Waals surface area contributed by atoms with Crippen LogP contribution < -0.4 is 5.73 Å². The van der Waals surface area contributed by atoms with E-state index >= 15 is 0 Å². The topological polar surface area (TPSA) is 55.6 Å². The molecular formula is C15H20ClIN2O2. The molecule has 4 nitrogen and oxygen atoms in total. The number of nitrogens with two attached hydrogens (primary N) is 1. The van der Waals surface area contributed by atoms with Crippen molar-refractivity contribution in [3.05, 3.63) is 32.4 Å². The maximum absolute atomic E-state index is 12.4. The van der Waals surface area contributed by atoms with Crippen LogP contribution >= 0.6 is 34.2 Å². The minimum atomic E-state index is 0.0497. The van der Waals surface area contributed by atoms with E-state index in [0.29, 0.717) is 23.7 Å². The lowest BCUT2D eigenvalue weighted by Crippen LogP contribution is -2.41. The van der Waals surface area contributed by atoms with Gasteiger partial charge in [0, 0.05) is 28.8 Å². The Balaban J connectivity index is 1.86. The van der Waals surface area contributed by atoms with Crippen LogP contribution in [0.2, 0.25) is 5.02 Å². The van der Waals surface area contributed by atoms with Crippen LogP contribution in [-0.2, 0) is 4.74 Å². The Morgan fingerprint density at radius 1 is 1.43 bits per heavy atom. The van der Waals surface area contributed by atoms with Crippen molar-refractivity contribution in [3.63, 3.8) is 0 Å². The number of carbonyl (C=O) groups excluding carboxylic acids is 1. The molecule has 1 amide bonds. The second-order valence-electron chi connectivity index (χ2n) is 5.13. The fourth-order valence-electron chi connectivity index (χ4n) is 2.37. The van der Waals surface area contributed by atoms with Crippen LogP contribution in [0.15, 0.2) is 18.2 Å². The molecule has 0 radical (unpaired) electrons. The third-order valence-electron chi connectivity index (χ3n) is 3.60. The van der Waals surface area contributed by atoms with Gasteiger partial charge in [-0.05, 0) is 66.6 Å². The summed E-state index contributed by atoms with van der Waals surface area (Å²) in [5, 5.41) is 0.626. The maximum Gasteiger partial charge on any atom is 0.253 e. The summed E-state index contributed by atoms with van der Waals surface area (Å²) < 4.78 is 6.71. The smallest absolute Gasteiger partial charge is 0.253 e. The lowest BCUT2D eigenvalue weighted by atomic mass is 10.1.